The fraction of sp³-hybridized carbons (Fsp3) is 0.381. The van der Waals surface area contributed by atoms with E-state index in [2.05, 4.69) is 56.8 Å². The Hall–Kier alpha value is -2.72. The molecular weight excluding hydrogens is 429 g/mol. The van der Waals surface area contributed by atoms with E-state index in [1.807, 2.05) is 30.1 Å². The molecule has 3 heterocycles. The number of hydrogen-bond acceptors (Lipinski definition) is 5. The zero-order valence-electron chi connectivity index (χ0n) is 16.9. The monoisotopic (exact) mass is 452 g/mol. The Labute approximate surface area is 182 Å². The van der Waals surface area contributed by atoms with Gasteiger partial charge in [0.15, 0.2) is 0 Å². The number of nitrogens with zero attached hydrogens (tertiary/aromatic N) is 4. The molecule has 0 radical (unpaired) electrons. The van der Waals surface area contributed by atoms with Crippen molar-refractivity contribution in [1.29, 1.82) is 0 Å². The summed E-state index contributed by atoms with van der Waals surface area (Å²) in [4.78, 5) is 21.6. The summed E-state index contributed by atoms with van der Waals surface area (Å²) in [5.74, 6) is -2.76. The van der Waals surface area contributed by atoms with E-state index in [-0.39, 0.29) is 0 Å². The van der Waals surface area contributed by atoms with Crippen LogP contribution in [0, 0.1) is 6.92 Å². The van der Waals surface area contributed by atoms with Crippen LogP contribution in [0.2, 0.25) is 0 Å². The van der Waals surface area contributed by atoms with Crippen LogP contribution in [0.15, 0.2) is 49.2 Å². The van der Waals surface area contributed by atoms with Crippen molar-refractivity contribution < 1.29 is 23.1 Å². The third-order valence-electron chi connectivity index (χ3n) is 4.98. The minimum atomic E-state index is -5.08. The van der Waals surface area contributed by atoms with Gasteiger partial charge in [-0.05, 0) is 19.8 Å². The largest absolute Gasteiger partial charge is 0.490 e. The molecule has 0 saturated carbocycles. The van der Waals surface area contributed by atoms with Crippen molar-refractivity contribution in [3.63, 3.8) is 0 Å². The number of likely N-dealkylation sites (tertiary alicyclic amines) is 1. The van der Waals surface area contributed by atoms with Crippen molar-refractivity contribution in [2.24, 2.45) is 0 Å². The van der Waals surface area contributed by atoms with Crippen molar-refractivity contribution in [3.05, 3.63) is 59.6 Å². The molecule has 166 valence electrons. The smallest absolute Gasteiger partial charge is 0.475 e. The standard InChI is InChI=1S/C19H22N4S.C2HF3O2/c1-15-2-4-16(5-3-15)19-21-12-18(24-19)13-22-9-6-17(7-10-22)23-11-8-20-14-23;3-2(4,5)1(6)7/h2-5,8,11-12,14,17H,6-7,9-10,13H2,1H3;(H,6,7). The number of carbonyl (C=O) groups is 1. The molecular formula is C21H23F3N4O2S. The Balaban J connectivity index is 0.000000339. The van der Waals surface area contributed by atoms with E-state index in [0.717, 1.165) is 24.6 Å². The van der Waals surface area contributed by atoms with Crippen LogP contribution in [0.1, 0.15) is 29.3 Å². The van der Waals surface area contributed by atoms with Crippen LogP contribution in [0.4, 0.5) is 13.2 Å². The van der Waals surface area contributed by atoms with Crippen molar-refractivity contribution >= 4 is 17.3 Å². The fourth-order valence-corrected chi connectivity index (χ4v) is 4.25. The summed E-state index contributed by atoms with van der Waals surface area (Å²) in [7, 11) is 0. The lowest BCUT2D eigenvalue weighted by Crippen LogP contribution is -2.33. The van der Waals surface area contributed by atoms with Crippen LogP contribution in [-0.2, 0) is 11.3 Å². The lowest BCUT2D eigenvalue weighted by atomic mass is 10.1. The van der Waals surface area contributed by atoms with Crippen molar-refractivity contribution in [1.82, 2.24) is 19.4 Å². The zero-order valence-corrected chi connectivity index (χ0v) is 17.7. The summed E-state index contributed by atoms with van der Waals surface area (Å²) in [5.41, 5.74) is 2.51. The lowest BCUT2D eigenvalue weighted by molar-refractivity contribution is -0.192. The summed E-state index contributed by atoms with van der Waals surface area (Å²) in [6.45, 7) is 5.41. The van der Waals surface area contributed by atoms with E-state index in [4.69, 9.17) is 9.90 Å². The van der Waals surface area contributed by atoms with Gasteiger partial charge in [0.05, 0.1) is 6.33 Å². The Morgan fingerprint density at radius 1 is 1.23 bits per heavy atom. The van der Waals surface area contributed by atoms with Gasteiger partial charge in [-0.3, -0.25) is 4.90 Å². The summed E-state index contributed by atoms with van der Waals surface area (Å²) in [6, 6.07) is 9.23. The van der Waals surface area contributed by atoms with Gasteiger partial charge < -0.3 is 9.67 Å². The number of rotatable bonds is 4. The first kappa shape index (κ1) is 23.0. The number of aryl methyl sites for hydroxylation is 1. The Morgan fingerprint density at radius 2 is 1.87 bits per heavy atom. The van der Waals surface area contributed by atoms with Crippen LogP contribution < -0.4 is 0 Å². The third kappa shape index (κ3) is 6.63. The molecule has 10 heteroatoms. The topological polar surface area (TPSA) is 71.2 Å². The second-order valence-electron chi connectivity index (χ2n) is 7.32. The molecule has 1 aliphatic heterocycles. The molecule has 0 unspecified atom stereocenters. The number of aliphatic carboxylic acids is 1. The second kappa shape index (κ2) is 10.1. The van der Waals surface area contributed by atoms with Gasteiger partial charge >= 0.3 is 12.1 Å². The predicted molar refractivity (Wildman–Crippen MR) is 112 cm³/mol. The number of halogens is 3. The zero-order chi connectivity index (χ0) is 22.4. The lowest BCUT2D eigenvalue weighted by Gasteiger charge is -2.32. The number of benzene rings is 1. The number of aromatic nitrogens is 3. The average molecular weight is 453 g/mol. The molecule has 6 nitrogen and oxygen atoms in total. The first-order valence-electron chi connectivity index (χ1n) is 9.74. The maximum atomic E-state index is 10.6. The van der Waals surface area contributed by atoms with Crippen LogP contribution >= 0.6 is 11.3 Å². The third-order valence-corrected chi connectivity index (χ3v) is 6.01. The molecule has 0 aliphatic carbocycles. The molecule has 1 N–H and O–H groups in total. The van der Waals surface area contributed by atoms with Gasteiger partial charge in [0.25, 0.3) is 0 Å². The van der Waals surface area contributed by atoms with Gasteiger partial charge in [-0.15, -0.1) is 11.3 Å². The highest BCUT2D eigenvalue weighted by atomic mass is 32.1. The first-order valence-corrected chi connectivity index (χ1v) is 10.6. The predicted octanol–water partition coefficient (Wildman–Crippen LogP) is 4.79. The van der Waals surface area contributed by atoms with Crippen molar-refractivity contribution in [2.45, 2.75) is 38.5 Å². The maximum absolute atomic E-state index is 10.6. The Bertz CT molecular complexity index is 963. The van der Waals surface area contributed by atoms with E-state index < -0.39 is 12.1 Å². The van der Waals surface area contributed by atoms with Gasteiger partial charge in [-0.1, -0.05) is 29.8 Å². The van der Waals surface area contributed by atoms with E-state index in [1.54, 1.807) is 0 Å². The molecule has 1 aliphatic rings. The molecule has 1 aromatic carbocycles. The highest BCUT2D eigenvalue weighted by Crippen LogP contribution is 2.28. The number of imidazole rings is 1. The van der Waals surface area contributed by atoms with Crippen molar-refractivity contribution in [2.75, 3.05) is 13.1 Å². The SMILES string of the molecule is Cc1ccc(-c2ncc(CN3CCC(n4ccnc4)CC3)s2)cc1.O=C(O)C(F)(F)F. The molecule has 0 spiro atoms. The number of piperidine rings is 1. The maximum Gasteiger partial charge on any atom is 0.490 e. The van der Waals surface area contributed by atoms with Gasteiger partial charge in [-0.2, -0.15) is 13.2 Å². The van der Waals surface area contributed by atoms with Gasteiger partial charge in [0.1, 0.15) is 5.01 Å². The highest BCUT2D eigenvalue weighted by molar-refractivity contribution is 7.15. The van der Waals surface area contributed by atoms with Crippen LogP contribution in [0.25, 0.3) is 10.6 Å². The molecule has 0 amide bonds. The molecule has 1 saturated heterocycles. The van der Waals surface area contributed by atoms with Crippen LogP contribution in [-0.4, -0.2) is 49.8 Å². The minimum Gasteiger partial charge on any atom is -0.475 e. The quantitative estimate of drug-likeness (QED) is 0.617. The summed E-state index contributed by atoms with van der Waals surface area (Å²) in [5, 5.41) is 8.25. The Kier molecular flexibility index (Phi) is 7.45. The number of hydrogen-bond donors (Lipinski definition) is 1. The molecule has 31 heavy (non-hydrogen) atoms. The Morgan fingerprint density at radius 3 is 2.42 bits per heavy atom. The van der Waals surface area contributed by atoms with Crippen molar-refractivity contribution in [3.8, 4) is 10.6 Å². The molecule has 0 atom stereocenters. The number of carboxylic acid groups (broad SMARTS) is 1. The molecule has 3 aromatic rings. The van der Waals surface area contributed by atoms with Gasteiger partial charge in [-0.25, -0.2) is 14.8 Å². The van der Waals surface area contributed by atoms with Crippen LogP contribution in [0.3, 0.4) is 0 Å². The van der Waals surface area contributed by atoms with Gasteiger partial charge in [0.2, 0.25) is 0 Å². The molecule has 1 fully saturated rings. The van der Waals surface area contributed by atoms with E-state index >= 15 is 0 Å². The van der Waals surface area contributed by atoms with E-state index in [1.165, 1.54) is 28.8 Å². The molecule has 4 rings (SSSR count). The summed E-state index contributed by atoms with van der Waals surface area (Å²) in [6.07, 6.45) is 5.24. The number of carboxylic acids is 1. The van der Waals surface area contributed by atoms with E-state index in [9.17, 15) is 13.2 Å². The van der Waals surface area contributed by atoms with Gasteiger partial charge in [0, 0.05) is 54.7 Å². The second-order valence-corrected chi connectivity index (χ2v) is 8.43. The number of thiazole rings is 1. The van der Waals surface area contributed by atoms with E-state index in [0.29, 0.717) is 6.04 Å². The highest BCUT2D eigenvalue weighted by Gasteiger charge is 2.38. The minimum absolute atomic E-state index is 0.605. The summed E-state index contributed by atoms with van der Waals surface area (Å²) >= 11 is 1.82. The number of alkyl halides is 3. The fourth-order valence-electron chi connectivity index (χ4n) is 3.29. The first-order chi connectivity index (χ1) is 14.7. The summed E-state index contributed by atoms with van der Waals surface area (Å²) < 4.78 is 34.0. The molecule has 0 bridgehead atoms. The van der Waals surface area contributed by atoms with Crippen LogP contribution in [0.5, 0.6) is 0 Å². The normalized spacial score (nSPS) is 15.4. The average Bonchev–Trinajstić information content (AvgIpc) is 3.41. The molecule has 2 aromatic heterocycles.